The van der Waals surface area contributed by atoms with Crippen molar-refractivity contribution in [1.82, 2.24) is 0 Å². The molecule has 0 bridgehead atoms. The Bertz CT molecular complexity index is 1050. The summed E-state index contributed by atoms with van der Waals surface area (Å²) < 4.78 is 23.3. The van der Waals surface area contributed by atoms with Gasteiger partial charge in [0.2, 0.25) is 16.9 Å². The zero-order valence-electron chi connectivity index (χ0n) is 13.2. The van der Waals surface area contributed by atoms with E-state index in [-0.39, 0.29) is 11.6 Å². The minimum absolute atomic E-state index is 0.206. The molecule has 8 heteroatoms. The van der Waals surface area contributed by atoms with Crippen LogP contribution in [0.15, 0.2) is 56.1 Å². The van der Waals surface area contributed by atoms with Crippen molar-refractivity contribution in [2.24, 2.45) is 5.73 Å². The van der Waals surface area contributed by atoms with Crippen LogP contribution in [0.3, 0.4) is 0 Å². The fraction of sp³-hybridized carbons (Fsp3) is 0.0556. The molecule has 3 aromatic rings. The number of carbonyl (C=O) groups is 2. The van der Waals surface area contributed by atoms with Gasteiger partial charge in [-0.2, -0.15) is 0 Å². The summed E-state index contributed by atoms with van der Waals surface area (Å²) in [7, 11) is 0. The summed E-state index contributed by atoms with van der Waals surface area (Å²) in [6.45, 7) is 0. The number of furan rings is 1. The summed E-state index contributed by atoms with van der Waals surface area (Å²) in [4.78, 5) is 35.2. The number of rotatable bonds is 5. The molecule has 0 aliphatic carbocycles. The lowest BCUT2D eigenvalue weighted by molar-refractivity contribution is 0.0943. The first-order valence-corrected chi connectivity index (χ1v) is 7.40. The molecule has 2 aromatic heterocycles. The quantitative estimate of drug-likeness (QED) is 0.673. The third kappa shape index (κ3) is 3.39. The highest BCUT2D eigenvalue weighted by Gasteiger charge is 2.24. The molecule has 3 N–H and O–H groups in total. The van der Waals surface area contributed by atoms with E-state index in [1.807, 2.05) is 0 Å². The largest absolute Gasteiger partial charge is 0.501 e. The molecule has 1 amide bonds. The first-order chi connectivity index (χ1) is 12.3. The number of nitrogens with two attached hydrogens (primary N) is 1. The average Bonchev–Trinajstić information content (AvgIpc) is 3.07. The molecule has 3 rings (SSSR count). The zero-order valence-corrected chi connectivity index (χ0v) is 13.2. The monoisotopic (exact) mass is 357 g/mol. The number of amides is 1. The lowest BCUT2D eigenvalue weighted by atomic mass is 10.1. The van der Waals surface area contributed by atoms with Gasteiger partial charge in [0.05, 0.1) is 0 Å². The maximum Gasteiger partial charge on any atom is 0.284 e. The number of hydrogen-bond acceptors (Lipinski definition) is 6. The van der Waals surface area contributed by atoms with E-state index in [0.717, 1.165) is 5.56 Å². The van der Waals surface area contributed by atoms with E-state index < -0.39 is 34.4 Å². The van der Waals surface area contributed by atoms with E-state index >= 15 is 0 Å². The van der Waals surface area contributed by atoms with E-state index in [4.69, 9.17) is 14.6 Å². The molecule has 1 aromatic carbocycles. The summed E-state index contributed by atoms with van der Waals surface area (Å²) in [5.41, 5.74) is 4.80. The van der Waals surface area contributed by atoms with Crippen molar-refractivity contribution >= 4 is 11.7 Å². The highest BCUT2D eigenvalue weighted by molar-refractivity contribution is 6.07. The Kier molecular flexibility index (Phi) is 4.40. The normalized spacial score (nSPS) is 10.7. The van der Waals surface area contributed by atoms with Gasteiger partial charge in [-0.05, 0) is 29.8 Å². The second-order valence-corrected chi connectivity index (χ2v) is 5.42. The number of hydrogen-bond donors (Lipinski definition) is 2. The summed E-state index contributed by atoms with van der Waals surface area (Å²) in [6.07, 6.45) is 0.296. The molecule has 0 radical (unpaired) electrons. The number of primary amides is 1. The molecule has 0 fully saturated rings. The fourth-order valence-electron chi connectivity index (χ4n) is 2.27. The summed E-state index contributed by atoms with van der Waals surface area (Å²) >= 11 is 0. The first-order valence-electron chi connectivity index (χ1n) is 7.40. The number of aromatic hydroxyl groups is 1. The molecule has 0 aliphatic rings. The van der Waals surface area contributed by atoms with Gasteiger partial charge in [-0.1, -0.05) is 12.1 Å². The van der Waals surface area contributed by atoms with Crippen molar-refractivity contribution < 1.29 is 27.9 Å². The van der Waals surface area contributed by atoms with Crippen LogP contribution in [0.25, 0.3) is 0 Å². The lowest BCUT2D eigenvalue weighted by Crippen LogP contribution is -2.17. The Hall–Kier alpha value is -3.68. The molecular formula is C18H12FNO6. The standard InChI is InChI=1S/C18H12FNO6/c19-10-3-1-9(2-4-10)7-11-5-6-13(25-11)16(23)17-15(22)12(21)8-14(26-17)18(20)24/h1-6,8,22H,7H2,(H2,20,24). The third-order valence-electron chi connectivity index (χ3n) is 3.55. The highest BCUT2D eigenvalue weighted by Crippen LogP contribution is 2.21. The van der Waals surface area contributed by atoms with Gasteiger partial charge in [0.1, 0.15) is 11.6 Å². The second-order valence-electron chi connectivity index (χ2n) is 5.42. The fourth-order valence-corrected chi connectivity index (χ4v) is 2.27. The minimum Gasteiger partial charge on any atom is -0.501 e. The Morgan fingerprint density at radius 1 is 1.04 bits per heavy atom. The second kappa shape index (κ2) is 6.67. The lowest BCUT2D eigenvalue weighted by Gasteiger charge is -2.02. The van der Waals surface area contributed by atoms with Gasteiger partial charge < -0.3 is 19.7 Å². The predicted molar refractivity (Wildman–Crippen MR) is 86.5 cm³/mol. The minimum atomic E-state index is -1.06. The van der Waals surface area contributed by atoms with Gasteiger partial charge in [-0.3, -0.25) is 14.4 Å². The topological polar surface area (TPSA) is 124 Å². The van der Waals surface area contributed by atoms with E-state index in [0.29, 0.717) is 18.2 Å². The maximum atomic E-state index is 12.9. The Morgan fingerprint density at radius 3 is 2.38 bits per heavy atom. The Labute approximate surface area is 145 Å². The molecule has 0 spiro atoms. The third-order valence-corrected chi connectivity index (χ3v) is 3.55. The van der Waals surface area contributed by atoms with Gasteiger partial charge in [-0.25, -0.2) is 4.39 Å². The number of benzene rings is 1. The van der Waals surface area contributed by atoms with Crippen LogP contribution in [0.5, 0.6) is 5.75 Å². The average molecular weight is 357 g/mol. The van der Waals surface area contributed by atoms with Crippen LogP contribution in [0, 0.1) is 5.82 Å². The van der Waals surface area contributed by atoms with E-state index in [2.05, 4.69) is 0 Å². The molecule has 0 unspecified atom stereocenters. The number of ketones is 1. The molecule has 26 heavy (non-hydrogen) atoms. The van der Waals surface area contributed by atoms with Gasteiger partial charge in [0, 0.05) is 12.5 Å². The number of halogens is 1. The molecule has 0 aliphatic heterocycles. The van der Waals surface area contributed by atoms with Gasteiger partial charge in [-0.15, -0.1) is 0 Å². The molecule has 2 heterocycles. The van der Waals surface area contributed by atoms with Crippen molar-refractivity contribution in [3.05, 3.63) is 87.1 Å². The van der Waals surface area contributed by atoms with Gasteiger partial charge >= 0.3 is 0 Å². The molecule has 7 nitrogen and oxygen atoms in total. The smallest absolute Gasteiger partial charge is 0.284 e. The Morgan fingerprint density at radius 2 is 1.73 bits per heavy atom. The molecule has 0 saturated heterocycles. The van der Waals surface area contributed by atoms with Crippen LogP contribution < -0.4 is 11.2 Å². The van der Waals surface area contributed by atoms with Crippen LogP contribution in [-0.4, -0.2) is 16.8 Å². The highest BCUT2D eigenvalue weighted by atomic mass is 19.1. The van der Waals surface area contributed by atoms with Crippen molar-refractivity contribution in [2.75, 3.05) is 0 Å². The van der Waals surface area contributed by atoms with Crippen molar-refractivity contribution in [1.29, 1.82) is 0 Å². The van der Waals surface area contributed by atoms with E-state index in [1.165, 1.54) is 24.3 Å². The van der Waals surface area contributed by atoms with Gasteiger partial charge in [0.25, 0.3) is 11.7 Å². The SMILES string of the molecule is NC(=O)c1cc(=O)c(O)c(C(=O)c2ccc(Cc3ccc(F)cc3)o2)o1. The van der Waals surface area contributed by atoms with E-state index in [9.17, 15) is 23.9 Å². The van der Waals surface area contributed by atoms with Crippen molar-refractivity contribution in [3.8, 4) is 5.75 Å². The maximum absolute atomic E-state index is 12.9. The van der Waals surface area contributed by atoms with Crippen molar-refractivity contribution in [2.45, 2.75) is 6.42 Å². The summed E-state index contributed by atoms with van der Waals surface area (Å²) in [5, 5.41) is 9.75. The predicted octanol–water partition coefficient (Wildman–Crippen LogP) is 2.00. The molecular weight excluding hydrogens is 345 g/mol. The summed E-state index contributed by atoms with van der Waals surface area (Å²) in [6, 6.07) is 9.28. The van der Waals surface area contributed by atoms with Crippen LogP contribution in [0.4, 0.5) is 4.39 Å². The van der Waals surface area contributed by atoms with Gasteiger partial charge in [0.15, 0.2) is 11.5 Å². The molecule has 132 valence electrons. The zero-order chi connectivity index (χ0) is 18.8. The Balaban J connectivity index is 1.90. The molecule has 0 saturated carbocycles. The van der Waals surface area contributed by atoms with Crippen LogP contribution in [-0.2, 0) is 6.42 Å². The first kappa shape index (κ1) is 17.2. The van der Waals surface area contributed by atoms with Crippen LogP contribution >= 0.6 is 0 Å². The summed E-state index contributed by atoms with van der Waals surface area (Å²) in [5.74, 6) is -4.42. The number of carbonyl (C=O) groups excluding carboxylic acids is 2. The molecule has 0 atom stereocenters. The van der Waals surface area contributed by atoms with Crippen LogP contribution in [0.2, 0.25) is 0 Å². The van der Waals surface area contributed by atoms with Crippen molar-refractivity contribution in [3.63, 3.8) is 0 Å². The van der Waals surface area contributed by atoms with Crippen LogP contribution in [0.1, 0.15) is 38.2 Å². The van der Waals surface area contributed by atoms with E-state index in [1.54, 1.807) is 12.1 Å².